The predicted molar refractivity (Wildman–Crippen MR) is 334 cm³/mol. The molecule has 80 heavy (non-hydrogen) atoms. The van der Waals surface area contributed by atoms with Crippen LogP contribution in [0.1, 0.15) is 22.3 Å². The molecular formula is C77H50N2O. The minimum Gasteiger partial charge on any atom is -0.455 e. The highest BCUT2D eigenvalue weighted by Crippen LogP contribution is 2.59. The van der Waals surface area contributed by atoms with Crippen LogP contribution < -0.4 is 4.90 Å². The summed E-state index contributed by atoms with van der Waals surface area (Å²) in [6.45, 7) is 0. The molecule has 0 fully saturated rings. The van der Waals surface area contributed by atoms with Crippen molar-refractivity contribution in [2.24, 2.45) is 0 Å². The molecule has 3 heteroatoms. The summed E-state index contributed by atoms with van der Waals surface area (Å²) >= 11 is 0. The number of hydrogen-bond acceptors (Lipinski definition) is 2. The molecule has 15 aromatic rings. The fourth-order valence-electron chi connectivity index (χ4n) is 13.4. The van der Waals surface area contributed by atoms with E-state index in [-0.39, 0.29) is 0 Å². The van der Waals surface area contributed by atoms with E-state index in [0.717, 1.165) is 66.7 Å². The minimum atomic E-state index is -0.605. The molecule has 0 saturated carbocycles. The van der Waals surface area contributed by atoms with E-state index in [2.05, 4.69) is 307 Å². The van der Waals surface area contributed by atoms with E-state index >= 15 is 0 Å². The van der Waals surface area contributed by atoms with Crippen LogP contribution in [0.15, 0.2) is 308 Å². The summed E-state index contributed by atoms with van der Waals surface area (Å²) in [6, 6.07) is 111. The van der Waals surface area contributed by atoms with Gasteiger partial charge in [-0.25, -0.2) is 0 Å². The molecule has 0 amide bonds. The highest BCUT2D eigenvalue weighted by molar-refractivity contribution is 6.13. The van der Waals surface area contributed by atoms with Gasteiger partial charge in [0.2, 0.25) is 0 Å². The first-order valence-electron chi connectivity index (χ1n) is 27.6. The molecule has 0 radical (unpaired) electrons. The Balaban J connectivity index is 0.886. The summed E-state index contributed by atoms with van der Waals surface area (Å²) in [5.41, 5.74) is 22.4. The van der Waals surface area contributed by atoms with Crippen molar-refractivity contribution in [3.8, 4) is 50.2 Å². The highest BCUT2D eigenvalue weighted by Gasteiger charge is 2.47. The lowest BCUT2D eigenvalue weighted by atomic mass is 9.67. The third kappa shape index (κ3) is 6.94. The normalized spacial score (nSPS) is 13.8. The van der Waals surface area contributed by atoms with Gasteiger partial charge >= 0.3 is 0 Å². The van der Waals surface area contributed by atoms with Gasteiger partial charge in [0, 0.05) is 49.6 Å². The molecule has 3 nitrogen and oxygen atoms in total. The summed E-state index contributed by atoms with van der Waals surface area (Å²) in [7, 11) is 0. The Hall–Kier alpha value is -10.5. The zero-order chi connectivity index (χ0) is 52.7. The van der Waals surface area contributed by atoms with Crippen molar-refractivity contribution >= 4 is 71.6 Å². The van der Waals surface area contributed by atoms with E-state index in [4.69, 9.17) is 4.42 Å². The zero-order valence-corrected chi connectivity index (χ0v) is 43.7. The molecule has 0 bridgehead atoms. The van der Waals surface area contributed by atoms with Gasteiger partial charge in [-0.3, -0.25) is 0 Å². The van der Waals surface area contributed by atoms with E-state index in [1.165, 1.54) is 77.3 Å². The number of para-hydroxylation sites is 4. The average Bonchev–Trinajstić information content (AvgIpc) is 4.34. The van der Waals surface area contributed by atoms with Crippen LogP contribution in [0.2, 0.25) is 0 Å². The van der Waals surface area contributed by atoms with Crippen LogP contribution in [-0.4, -0.2) is 4.57 Å². The number of fused-ring (bicyclic) bond motifs is 10. The number of aromatic nitrogens is 1. The lowest BCUT2D eigenvalue weighted by molar-refractivity contribution is 0.670. The summed E-state index contributed by atoms with van der Waals surface area (Å²) in [5.74, 6) is 0. The molecular weight excluding hydrogens is 969 g/mol. The first kappa shape index (κ1) is 45.7. The van der Waals surface area contributed by atoms with Gasteiger partial charge in [0.05, 0.1) is 22.1 Å². The molecule has 1 aliphatic rings. The first-order valence-corrected chi connectivity index (χ1v) is 27.6. The van der Waals surface area contributed by atoms with E-state index < -0.39 is 5.41 Å². The number of rotatable bonds is 9. The van der Waals surface area contributed by atoms with Crippen molar-refractivity contribution in [2.75, 3.05) is 4.90 Å². The van der Waals surface area contributed by atoms with Gasteiger partial charge in [-0.1, -0.05) is 249 Å². The smallest absolute Gasteiger partial charge is 0.143 e. The van der Waals surface area contributed by atoms with Crippen LogP contribution in [0, 0.1) is 0 Å². The van der Waals surface area contributed by atoms with Gasteiger partial charge in [0.25, 0.3) is 0 Å². The van der Waals surface area contributed by atoms with E-state index in [1.54, 1.807) is 0 Å². The molecule has 374 valence electrons. The van der Waals surface area contributed by atoms with E-state index in [1.807, 2.05) is 6.07 Å². The van der Waals surface area contributed by atoms with Crippen molar-refractivity contribution in [1.82, 2.24) is 4.57 Å². The SMILES string of the molecule is c1ccc(-c2ccc(N(c3ccc4c5ccccc5n(-c5ccccc5)c4c3)c3cccc4c(-c5cccc6c5-c5ccccc5C6(c5ccccc5)c5ccc(-c6cccc7c6oc6ccccc67)cc5)cccc34)cc2)cc1. The van der Waals surface area contributed by atoms with Crippen molar-refractivity contribution in [1.29, 1.82) is 0 Å². The van der Waals surface area contributed by atoms with Gasteiger partial charge in [0.15, 0.2) is 0 Å². The summed E-state index contributed by atoms with van der Waals surface area (Å²) in [4.78, 5) is 2.46. The first-order chi connectivity index (χ1) is 39.7. The van der Waals surface area contributed by atoms with Gasteiger partial charge in [-0.15, -0.1) is 0 Å². The van der Waals surface area contributed by atoms with Crippen LogP contribution in [-0.2, 0) is 5.41 Å². The lowest BCUT2D eigenvalue weighted by Crippen LogP contribution is -2.28. The van der Waals surface area contributed by atoms with Gasteiger partial charge < -0.3 is 13.9 Å². The number of furan rings is 1. The van der Waals surface area contributed by atoms with Crippen LogP contribution in [0.5, 0.6) is 0 Å². The second-order valence-electron chi connectivity index (χ2n) is 21.1. The lowest BCUT2D eigenvalue weighted by Gasteiger charge is -2.34. The zero-order valence-electron chi connectivity index (χ0n) is 43.7. The Labute approximate surface area is 464 Å². The molecule has 1 aliphatic carbocycles. The quantitative estimate of drug-likeness (QED) is 0.144. The maximum atomic E-state index is 6.56. The second kappa shape index (κ2) is 18.3. The number of anilines is 3. The van der Waals surface area contributed by atoms with E-state index in [9.17, 15) is 0 Å². The van der Waals surface area contributed by atoms with Gasteiger partial charge in [-0.2, -0.15) is 0 Å². The third-order valence-electron chi connectivity index (χ3n) is 16.9. The van der Waals surface area contributed by atoms with Crippen LogP contribution in [0.3, 0.4) is 0 Å². The molecule has 0 saturated heterocycles. The summed E-state index contributed by atoms with van der Waals surface area (Å²) in [6.07, 6.45) is 0. The highest BCUT2D eigenvalue weighted by atomic mass is 16.3. The molecule has 13 aromatic carbocycles. The Kier molecular flexibility index (Phi) is 10.5. The van der Waals surface area contributed by atoms with Crippen molar-refractivity contribution < 1.29 is 4.42 Å². The molecule has 1 unspecified atom stereocenters. The number of nitrogens with zero attached hydrogens (tertiary/aromatic N) is 2. The fourth-order valence-corrected chi connectivity index (χ4v) is 13.4. The molecule has 1 atom stereocenters. The van der Waals surface area contributed by atoms with Gasteiger partial charge in [-0.05, 0) is 121 Å². The fraction of sp³-hybridized carbons (Fsp3) is 0.0130. The van der Waals surface area contributed by atoms with Crippen molar-refractivity contribution in [3.05, 3.63) is 326 Å². The monoisotopic (exact) mass is 1020 g/mol. The molecule has 0 N–H and O–H groups in total. The summed E-state index contributed by atoms with van der Waals surface area (Å²) in [5, 5.41) is 7.05. The largest absolute Gasteiger partial charge is 0.455 e. The van der Waals surface area contributed by atoms with E-state index in [0.29, 0.717) is 0 Å². The van der Waals surface area contributed by atoms with Crippen LogP contribution >= 0.6 is 0 Å². The van der Waals surface area contributed by atoms with Crippen LogP contribution in [0.4, 0.5) is 17.1 Å². The summed E-state index contributed by atoms with van der Waals surface area (Å²) < 4.78 is 8.97. The Morgan fingerprint density at radius 1 is 0.312 bits per heavy atom. The molecule has 0 aliphatic heterocycles. The standard InChI is InChI=1S/C77H50N2O/c1-4-20-51(21-5-1)52-42-46-57(47-43-52)78(58-48-49-64-63-26-11-14-37-72(63)79(73(64)50-58)56-24-8-3-9-25-56)71-38-19-31-60-61(30-17-32-62(60)71)66-33-18-36-70-75(66)68-28-10-13-35-69(68)77(70,54-22-6-2-7-23-54)55-44-40-53(41-45-55)59-29-16-34-67-65-27-12-15-39-74(65)80-76(59)67/h1-50H. The van der Waals surface area contributed by atoms with Crippen molar-refractivity contribution in [2.45, 2.75) is 5.41 Å². The maximum absolute atomic E-state index is 6.56. The topological polar surface area (TPSA) is 21.3 Å². The molecule has 2 heterocycles. The predicted octanol–water partition coefficient (Wildman–Crippen LogP) is 20.7. The molecule has 16 rings (SSSR count). The van der Waals surface area contributed by atoms with Crippen LogP contribution in [0.25, 0.3) is 105 Å². The number of benzene rings is 13. The van der Waals surface area contributed by atoms with Gasteiger partial charge in [0.1, 0.15) is 11.2 Å². The van der Waals surface area contributed by atoms with Crippen molar-refractivity contribution in [3.63, 3.8) is 0 Å². The third-order valence-corrected chi connectivity index (χ3v) is 16.9. The Morgan fingerprint density at radius 3 is 1.69 bits per heavy atom. The minimum absolute atomic E-state index is 0.605. The molecule has 0 spiro atoms. The number of hydrogen-bond donors (Lipinski definition) is 0. The Morgan fingerprint density at radius 2 is 0.863 bits per heavy atom. The second-order valence-corrected chi connectivity index (χ2v) is 21.1. The maximum Gasteiger partial charge on any atom is 0.143 e. The Bertz CT molecular complexity index is 4860. The average molecular weight is 1020 g/mol. The molecule has 2 aromatic heterocycles.